The quantitative estimate of drug-likeness (QED) is 0.459. The first kappa shape index (κ1) is 25.7. The molecule has 2 N–H and O–H groups in total. The summed E-state index contributed by atoms with van der Waals surface area (Å²) in [5.74, 6) is -1.33. The van der Waals surface area contributed by atoms with E-state index in [-0.39, 0.29) is 24.5 Å². The zero-order valence-electron chi connectivity index (χ0n) is 21.0. The van der Waals surface area contributed by atoms with E-state index < -0.39 is 23.6 Å². The molecule has 0 spiro atoms. The molecule has 0 aliphatic heterocycles. The van der Waals surface area contributed by atoms with Gasteiger partial charge in [-0.15, -0.1) is 0 Å². The summed E-state index contributed by atoms with van der Waals surface area (Å²) in [6.45, 7) is 4.79. The van der Waals surface area contributed by atoms with Crippen LogP contribution < -0.4 is 5.32 Å². The van der Waals surface area contributed by atoms with Crippen molar-refractivity contribution in [1.82, 2.24) is 19.9 Å². The van der Waals surface area contributed by atoms with Crippen molar-refractivity contribution in [2.45, 2.75) is 51.7 Å². The van der Waals surface area contributed by atoms with E-state index in [9.17, 15) is 19.5 Å². The Labute approximate surface area is 214 Å². The predicted octanol–water partition coefficient (Wildman–Crippen LogP) is 4.49. The molecule has 1 aliphatic rings. The van der Waals surface area contributed by atoms with Crippen LogP contribution in [0.15, 0.2) is 55.1 Å². The van der Waals surface area contributed by atoms with Crippen molar-refractivity contribution in [1.29, 1.82) is 0 Å². The second-order valence-electron chi connectivity index (χ2n) is 9.91. The Morgan fingerprint density at radius 1 is 1.11 bits per heavy atom. The molecule has 1 aromatic carbocycles. The number of amides is 2. The molecule has 0 bridgehead atoms. The fourth-order valence-electron chi connectivity index (χ4n) is 3.76. The number of nitrogens with zero attached hydrogens (tertiary/aromatic N) is 4. The van der Waals surface area contributed by atoms with Gasteiger partial charge in [-0.25, -0.2) is 24.5 Å². The summed E-state index contributed by atoms with van der Waals surface area (Å²) < 4.78 is 5.45. The minimum Gasteiger partial charge on any atom is -0.476 e. The average molecular weight is 504 g/mol. The summed E-state index contributed by atoms with van der Waals surface area (Å²) in [7, 11) is 0. The summed E-state index contributed by atoms with van der Waals surface area (Å²) in [5, 5.41) is 12.3. The lowest BCUT2D eigenvalue weighted by molar-refractivity contribution is -0.117. The van der Waals surface area contributed by atoms with Crippen molar-refractivity contribution in [3.05, 3.63) is 72.1 Å². The molecule has 192 valence electrons. The lowest BCUT2D eigenvalue weighted by Gasteiger charge is -2.27. The van der Waals surface area contributed by atoms with E-state index in [4.69, 9.17) is 4.74 Å². The number of pyridine rings is 1. The Morgan fingerprint density at radius 3 is 2.54 bits per heavy atom. The molecule has 0 radical (unpaired) electrons. The minimum atomic E-state index is -1.28. The van der Waals surface area contributed by atoms with Crippen molar-refractivity contribution in [2.24, 2.45) is 0 Å². The molecule has 1 aliphatic carbocycles. The third-order valence-corrected chi connectivity index (χ3v) is 5.62. The SMILES string of the molecule is CC(C)(C)OC(=O)N(CC(=O)Nc1cc(-c2cccc(C3CC3)c2)cnc1C(=O)O)Cc1ccncn1. The zero-order chi connectivity index (χ0) is 26.6. The van der Waals surface area contributed by atoms with Crippen molar-refractivity contribution >= 4 is 23.7 Å². The van der Waals surface area contributed by atoms with Gasteiger partial charge in [-0.05, 0) is 62.8 Å². The highest BCUT2D eigenvalue weighted by atomic mass is 16.6. The second-order valence-corrected chi connectivity index (χ2v) is 9.91. The van der Waals surface area contributed by atoms with Crippen LogP contribution in [0.1, 0.15) is 61.3 Å². The molecule has 3 aromatic rings. The van der Waals surface area contributed by atoms with Crippen molar-refractivity contribution in [3.8, 4) is 11.1 Å². The van der Waals surface area contributed by atoms with Crippen molar-refractivity contribution in [2.75, 3.05) is 11.9 Å². The smallest absolute Gasteiger partial charge is 0.411 e. The summed E-state index contributed by atoms with van der Waals surface area (Å²) in [6, 6.07) is 11.2. The fraction of sp³-hybridized carbons (Fsp3) is 0.333. The molecule has 4 rings (SSSR count). The number of ether oxygens (including phenoxy) is 1. The Morgan fingerprint density at radius 2 is 1.89 bits per heavy atom. The molecular weight excluding hydrogens is 474 g/mol. The molecule has 2 amide bonds. The van der Waals surface area contributed by atoms with E-state index in [0.717, 1.165) is 18.4 Å². The maximum absolute atomic E-state index is 13.0. The number of hydrogen-bond acceptors (Lipinski definition) is 7. The van der Waals surface area contributed by atoms with Crippen LogP contribution >= 0.6 is 0 Å². The number of aromatic nitrogens is 3. The number of benzene rings is 1. The van der Waals surface area contributed by atoms with Crippen molar-refractivity contribution in [3.63, 3.8) is 0 Å². The number of carboxylic acid groups (broad SMARTS) is 1. The number of hydrogen-bond donors (Lipinski definition) is 2. The fourth-order valence-corrected chi connectivity index (χ4v) is 3.76. The van der Waals surface area contributed by atoms with Crippen LogP contribution in [0.4, 0.5) is 10.5 Å². The number of carbonyl (C=O) groups excluding carboxylic acids is 2. The van der Waals surface area contributed by atoms with Crippen LogP contribution in [0.3, 0.4) is 0 Å². The van der Waals surface area contributed by atoms with Gasteiger partial charge < -0.3 is 15.2 Å². The number of carbonyl (C=O) groups is 3. The zero-order valence-corrected chi connectivity index (χ0v) is 21.0. The standard InChI is InChI=1S/C27H29N5O5/c1-27(2,3)37-26(36)32(14-21-9-10-28-16-30-21)15-23(33)31-22-12-20(13-29-24(22)25(34)35)19-6-4-5-18(11-19)17-7-8-17/h4-6,9-13,16-17H,7-8,14-15H2,1-3H3,(H,31,33)(H,34,35). The van der Waals surface area contributed by atoms with Gasteiger partial charge in [0, 0.05) is 18.0 Å². The van der Waals surface area contributed by atoms with E-state index in [1.807, 2.05) is 12.1 Å². The molecule has 10 heteroatoms. The van der Waals surface area contributed by atoms with E-state index in [1.165, 1.54) is 29.2 Å². The van der Waals surface area contributed by atoms with Crippen LogP contribution in [0.2, 0.25) is 0 Å². The number of aromatic carboxylic acids is 1. The molecular formula is C27H29N5O5. The van der Waals surface area contributed by atoms with Gasteiger partial charge in [0.15, 0.2) is 5.69 Å². The Kier molecular flexibility index (Phi) is 7.47. The van der Waals surface area contributed by atoms with E-state index in [1.54, 1.807) is 32.9 Å². The summed E-state index contributed by atoms with van der Waals surface area (Å²) in [6.07, 6.45) is 5.96. The second kappa shape index (κ2) is 10.7. The van der Waals surface area contributed by atoms with E-state index in [2.05, 4.69) is 32.4 Å². The third kappa shape index (κ3) is 7.09. The van der Waals surface area contributed by atoms with Gasteiger partial charge in [0.05, 0.1) is 17.9 Å². The van der Waals surface area contributed by atoms with Gasteiger partial charge >= 0.3 is 12.1 Å². The predicted molar refractivity (Wildman–Crippen MR) is 136 cm³/mol. The highest BCUT2D eigenvalue weighted by Crippen LogP contribution is 2.41. The first-order valence-electron chi connectivity index (χ1n) is 12.0. The molecule has 2 heterocycles. The molecule has 0 saturated heterocycles. The highest BCUT2D eigenvalue weighted by molar-refractivity contribution is 6.01. The van der Waals surface area contributed by atoms with Crippen LogP contribution in [-0.4, -0.2) is 55.1 Å². The van der Waals surface area contributed by atoms with E-state index >= 15 is 0 Å². The Balaban J connectivity index is 1.56. The Bertz CT molecular complexity index is 1300. The van der Waals surface area contributed by atoms with Crippen LogP contribution in [0.25, 0.3) is 11.1 Å². The molecule has 37 heavy (non-hydrogen) atoms. The molecule has 0 atom stereocenters. The summed E-state index contributed by atoms with van der Waals surface area (Å²) >= 11 is 0. The Hall–Kier alpha value is -4.34. The largest absolute Gasteiger partial charge is 0.476 e. The van der Waals surface area contributed by atoms with Gasteiger partial charge in [0.2, 0.25) is 5.91 Å². The van der Waals surface area contributed by atoms with Crippen LogP contribution in [-0.2, 0) is 16.1 Å². The minimum absolute atomic E-state index is 0.00287. The average Bonchev–Trinajstić information content (AvgIpc) is 3.69. The van der Waals surface area contributed by atoms with Gasteiger partial charge in [-0.1, -0.05) is 24.3 Å². The van der Waals surface area contributed by atoms with Gasteiger partial charge in [-0.3, -0.25) is 9.69 Å². The molecule has 10 nitrogen and oxygen atoms in total. The molecule has 1 saturated carbocycles. The monoisotopic (exact) mass is 503 g/mol. The van der Waals surface area contributed by atoms with Crippen LogP contribution in [0.5, 0.6) is 0 Å². The maximum Gasteiger partial charge on any atom is 0.411 e. The summed E-state index contributed by atoms with van der Waals surface area (Å²) in [5.41, 5.74) is 2.26. The first-order chi connectivity index (χ1) is 17.6. The highest BCUT2D eigenvalue weighted by Gasteiger charge is 2.26. The topological polar surface area (TPSA) is 135 Å². The third-order valence-electron chi connectivity index (χ3n) is 5.62. The maximum atomic E-state index is 13.0. The number of rotatable bonds is 8. The number of carboxylic acids is 1. The summed E-state index contributed by atoms with van der Waals surface area (Å²) in [4.78, 5) is 51.0. The number of anilines is 1. The van der Waals surface area contributed by atoms with Crippen molar-refractivity contribution < 1.29 is 24.2 Å². The normalized spacial score (nSPS) is 13.1. The van der Waals surface area contributed by atoms with Gasteiger partial charge in [0.25, 0.3) is 0 Å². The molecule has 2 aromatic heterocycles. The first-order valence-corrected chi connectivity index (χ1v) is 12.0. The number of nitrogens with one attached hydrogen (secondary N) is 1. The lowest BCUT2D eigenvalue weighted by atomic mass is 10.0. The van der Waals surface area contributed by atoms with Crippen LogP contribution in [0, 0.1) is 0 Å². The molecule has 1 fully saturated rings. The lowest BCUT2D eigenvalue weighted by Crippen LogP contribution is -2.41. The van der Waals surface area contributed by atoms with Gasteiger partial charge in [-0.2, -0.15) is 0 Å². The molecule has 0 unspecified atom stereocenters. The van der Waals surface area contributed by atoms with E-state index in [0.29, 0.717) is 17.2 Å². The van der Waals surface area contributed by atoms with Gasteiger partial charge in [0.1, 0.15) is 18.5 Å².